The maximum atomic E-state index is 12.5. The number of aryl methyl sites for hydroxylation is 2. The SMILES string of the molecule is Cc1cccc(NC(=O)c2[nH]c(C)c(C(=O)OC(C)C)c2C)c1. The van der Waals surface area contributed by atoms with Gasteiger partial charge in [-0.25, -0.2) is 4.79 Å². The molecule has 0 aliphatic heterocycles. The van der Waals surface area contributed by atoms with E-state index in [9.17, 15) is 9.59 Å². The average molecular weight is 314 g/mol. The molecule has 122 valence electrons. The number of benzene rings is 1. The highest BCUT2D eigenvalue weighted by Crippen LogP contribution is 2.21. The lowest BCUT2D eigenvalue weighted by molar-refractivity contribution is 0.0376. The molecule has 0 aliphatic rings. The molecule has 23 heavy (non-hydrogen) atoms. The highest BCUT2D eigenvalue weighted by atomic mass is 16.5. The van der Waals surface area contributed by atoms with Gasteiger partial charge in [0.1, 0.15) is 5.69 Å². The summed E-state index contributed by atoms with van der Waals surface area (Å²) in [4.78, 5) is 27.6. The van der Waals surface area contributed by atoms with E-state index in [0.29, 0.717) is 28.2 Å². The number of aromatic nitrogens is 1. The van der Waals surface area contributed by atoms with Crippen LogP contribution in [0.15, 0.2) is 24.3 Å². The minimum atomic E-state index is -0.416. The number of amides is 1. The number of hydrogen-bond donors (Lipinski definition) is 2. The highest BCUT2D eigenvalue weighted by molar-refractivity contribution is 6.06. The third-order valence-electron chi connectivity index (χ3n) is 3.49. The highest BCUT2D eigenvalue weighted by Gasteiger charge is 2.23. The minimum absolute atomic E-state index is 0.208. The van der Waals surface area contributed by atoms with Crippen LogP contribution in [0.25, 0.3) is 0 Å². The van der Waals surface area contributed by atoms with Crippen molar-refractivity contribution in [2.45, 2.75) is 40.7 Å². The second-order valence-electron chi connectivity index (χ2n) is 5.90. The van der Waals surface area contributed by atoms with Crippen molar-refractivity contribution in [1.82, 2.24) is 4.98 Å². The van der Waals surface area contributed by atoms with Gasteiger partial charge in [0.15, 0.2) is 0 Å². The summed E-state index contributed by atoms with van der Waals surface area (Å²) >= 11 is 0. The molecule has 0 saturated heterocycles. The summed E-state index contributed by atoms with van der Waals surface area (Å²) in [6.45, 7) is 9.04. The van der Waals surface area contributed by atoms with Crippen LogP contribution < -0.4 is 5.32 Å². The molecule has 0 radical (unpaired) electrons. The van der Waals surface area contributed by atoms with Crippen LogP contribution >= 0.6 is 0 Å². The molecule has 1 aromatic heterocycles. The predicted molar refractivity (Wildman–Crippen MR) is 90.0 cm³/mol. The van der Waals surface area contributed by atoms with Crippen LogP contribution in [0.2, 0.25) is 0 Å². The van der Waals surface area contributed by atoms with Crippen molar-refractivity contribution in [2.75, 3.05) is 5.32 Å². The largest absolute Gasteiger partial charge is 0.459 e. The van der Waals surface area contributed by atoms with Gasteiger partial charge in [-0.2, -0.15) is 0 Å². The maximum absolute atomic E-state index is 12.5. The lowest BCUT2D eigenvalue weighted by atomic mass is 10.1. The zero-order valence-electron chi connectivity index (χ0n) is 14.1. The van der Waals surface area contributed by atoms with Crippen molar-refractivity contribution in [2.24, 2.45) is 0 Å². The van der Waals surface area contributed by atoms with E-state index in [1.165, 1.54) is 0 Å². The smallest absolute Gasteiger partial charge is 0.340 e. The Labute approximate surface area is 136 Å². The van der Waals surface area contributed by atoms with Gasteiger partial charge in [-0.3, -0.25) is 4.79 Å². The minimum Gasteiger partial charge on any atom is -0.459 e. The summed E-state index contributed by atoms with van der Waals surface area (Å²) in [5, 5.41) is 2.84. The molecule has 0 aliphatic carbocycles. The third kappa shape index (κ3) is 3.80. The van der Waals surface area contributed by atoms with Crippen LogP contribution in [0.3, 0.4) is 0 Å². The van der Waals surface area contributed by atoms with Gasteiger partial charge in [-0.05, 0) is 57.9 Å². The van der Waals surface area contributed by atoms with Crippen molar-refractivity contribution < 1.29 is 14.3 Å². The van der Waals surface area contributed by atoms with Crippen LogP contribution in [0.4, 0.5) is 5.69 Å². The molecule has 1 heterocycles. The predicted octanol–water partition coefficient (Wildman–Crippen LogP) is 3.76. The van der Waals surface area contributed by atoms with Gasteiger partial charge in [-0.15, -0.1) is 0 Å². The second-order valence-corrected chi connectivity index (χ2v) is 5.90. The molecule has 2 N–H and O–H groups in total. The van der Waals surface area contributed by atoms with E-state index < -0.39 is 5.97 Å². The number of hydrogen-bond acceptors (Lipinski definition) is 3. The molecule has 0 bridgehead atoms. The fraction of sp³-hybridized carbons (Fsp3) is 0.333. The van der Waals surface area contributed by atoms with E-state index in [1.807, 2.05) is 31.2 Å². The van der Waals surface area contributed by atoms with Crippen molar-refractivity contribution >= 4 is 17.6 Å². The Balaban J connectivity index is 2.27. The fourth-order valence-corrected chi connectivity index (χ4v) is 2.47. The van der Waals surface area contributed by atoms with E-state index in [-0.39, 0.29) is 12.0 Å². The summed E-state index contributed by atoms with van der Waals surface area (Å²) in [7, 11) is 0. The molecule has 1 amide bonds. The monoisotopic (exact) mass is 314 g/mol. The number of esters is 1. The van der Waals surface area contributed by atoms with Crippen molar-refractivity contribution in [3.63, 3.8) is 0 Å². The van der Waals surface area contributed by atoms with Crippen LogP contribution in [-0.4, -0.2) is 23.0 Å². The molecule has 5 nitrogen and oxygen atoms in total. The maximum Gasteiger partial charge on any atom is 0.340 e. The first kappa shape index (κ1) is 16.8. The Bertz CT molecular complexity index is 745. The van der Waals surface area contributed by atoms with Crippen molar-refractivity contribution in [1.29, 1.82) is 0 Å². The molecular weight excluding hydrogens is 292 g/mol. The molecule has 0 spiro atoms. The van der Waals surface area contributed by atoms with Gasteiger partial charge in [-0.1, -0.05) is 12.1 Å². The quantitative estimate of drug-likeness (QED) is 0.844. The van der Waals surface area contributed by atoms with Gasteiger partial charge in [0.2, 0.25) is 0 Å². The van der Waals surface area contributed by atoms with Gasteiger partial charge in [0.25, 0.3) is 5.91 Å². The number of rotatable bonds is 4. The van der Waals surface area contributed by atoms with Crippen LogP contribution in [0, 0.1) is 20.8 Å². The Hall–Kier alpha value is -2.56. The van der Waals surface area contributed by atoms with Crippen LogP contribution in [0.5, 0.6) is 0 Å². The van der Waals surface area contributed by atoms with E-state index in [2.05, 4.69) is 10.3 Å². The van der Waals surface area contributed by atoms with E-state index in [0.717, 1.165) is 5.56 Å². The van der Waals surface area contributed by atoms with Gasteiger partial charge < -0.3 is 15.0 Å². The van der Waals surface area contributed by atoms with Gasteiger partial charge in [0.05, 0.1) is 11.7 Å². The Kier molecular flexibility index (Phi) is 4.89. The molecular formula is C18H22N2O3. The Morgan fingerprint density at radius 2 is 1.87 bits per heavy atom. The Morgan fingerprint density at radius 1 is 1.17 bits per heavy atom. The number of anilines is 1. The lowest BCUT2D eigenvalue weighted by Crippen LogP contribution is -2.15. The first-order chi connectivity index (χ1) is 10.8. The Morgan fingerprint density at radius 3 is 2.48 bits per heavy atom. The number of carbonyl (C=O) groups excluding carboxylic acids is 2. The molecule has 2 rings (SSSR count). The fourth-order valence-electron chi connectivity index (χ4n) is 2.47. The number of ether oxygens (including phenoxy) is 1. The molecule has 0 unspecified atom stereocenters. The molecule has 0 atom stereocenters. The molecule has 2 aromatic rings. The second kappa shape index (κ2) is 6.69. The number of carbonyl (C=O) groups is 2. The summed E-state index contributed by atoms with van der Waals surface area (Å²) in [6, 6.07) is 7.55. The number of aromatic amines is 1. The zero-order valence-corrected chi connectivity index (χ0v) is 14.1. The normalized spacial score (nSPS) is 10.7. The molecule has 5 heteroatoms. The molecule has 0 fully saturated rings. The standard InChI is InChI=1S/C18H22N2O3/c1-10(2)23-18(22)15-12(4)16(19-13(15)5)17(21)20-14-8-6-7-11(3)9-14/h6-10,19H,1-5H3,(H,20,21). The van der Waals surface area contributed by atoms with E-state index in [1.54, 1.807) is 27.7 Å². The van der Waals surface area contributed by atoms with Gasteiger partial charge in [0, 0.05) is 11.4 Å². The van der Waals surface area contributed by atoms with Gasteiger partial charge >= 0.3 is 5.97 Å². The first-order valence-electron chi connectivity index (χ1n) is 7.57. The number of nitrogens with one attached hydrogen (secondary N) is 2. The van der Waals surface area contributed by atoms with E-state index in [4.69, 9.17) is 4.74 Å². The van der Waals surface area contributed by atoms with Crippen LogP contribution in [0.1, 0.15) is 51.5 Å². The van der Waals surface area contributed by atoms with Crippen molar-refractivity contribution in [3.05, 3.63) is 52.3 Å². The van der Waals surface area contributed by atoms with Crippen molar-refractivity contribution in [3.8, 4) is 0 Å². The zero-order chi connectivity index (χ0) is 17.1. The molecule has 0 saturated carbocycles. The number of H-pyrrole nitrogens is 1. The topological polar surface area (TPSA) is 71.2 Å². The van der Waals surface area contributed by atoms with Crippen LogP contribution in [-0.2, 0) is 4.74 Å². The average Bonchev–Trinajstić information content (AvgIpc) is 2.73. The lowest BCUT2D eigenvalue weighted by Gasteiger charge is -2.08. The summed E-state index contributed by atoms with van der Waals surface area (Å²) in [5.41, 5.74) is 3.80. The molecule has 1 aromatic carbocycles. The summed E-state index contributed by atoms with van der Waals surface area (Å²) < 4.78 is 5.23. The third-order valence-corrected chi connectivity index (χ3v) is 3.49. The summed E-state index contributed by atoms with van der Waals surface area (Å²) in [5.74, 6) is -0.694. The first-order valence-corrected chi connectivity index (χ1v) is 7.57. The summed E-state index contributed by atoms with van der Waals surface area (Å²) in [6.07, 6.45) is -0.208. The van der Waals surface area contributed by atoms with E-state index >= 15 is 0 Å².